The van der Waals surface area contributed by atoms with Crippen molar-refractivity contribution in [1.82, 2.24) is 15.1 Å². The number of nitrogens with zero attached hydrogens (tertiary/aromatic N) is 2. The second-order valence-electron chi connectivity index (χ2n) is 6.20. The van der Waals surface area contributed by atoms with E-state index in [1.807, 2.05) is 19.0 Å². The summed E-state index contributed by atoms with van der Waals surface area (Å²) in [5.74, 6) is 0.289. The first kappa shape index (κ1) is 17.0. The lowest BCUT2D eigenvalue weighted by atomic mass is 10.0. The van der Waals surface area contributed by atoms with Crippen LogP contribution in [0, 0.1) is 0 Å². The minimum atomic E-state index is 0.289. The van der Waals surface area contributed by atoms with Crippen LogP contribution in [0.1, 0.15) is 31.2 Å². The number of benzene rings is 1. The fraction of sp³-hybridized carbons (Fsp3) is 0.611. The molecule has 0 spiro atoms. The first-order valence-corrected chi connectivity index (χ1v) is 8.37. The SMILES string of the molecule is CNCCCC(=O)N(C)C1CCN(Cc2ccccc2)CC1. The Labute approximate surface area is 134 Å². The molecule has 1 fully saturated rings. The lowest BCUT2D eigenvalue weighted by Crippen LogP contribution is -2.45. The van der Waals surface area contributed by atoms with Gasteiger partial charge in [-0.05, 0) is 38.4 Å². The monoisotopic (exact) mass is 303 g/mol. The van der Waals surface area contributed by atoms with Crippen LogP contribution in [0.5, 0.6) is 0 Å². The van der Waals surface area contributed by atoms with Gasteiger partial charge in [0.2, 0.25) is 5.91 Å². The Morgan fingerprint density at radius 3 is 2.59 bits per heavy atom. The lowest BCUT2D eigenvalue weighted by molar-refractivity contribution is -0.132. The molecule has 0 bridgehead atoms. The van der Waals surface area contributed by atoms with E-state index in [4.69, 9.17) is 0 Å². The van der Waals surface area contributed by atoms with E-state index in [1.165, 1.54) is 5.56 Å². The smallest absolute Gasteiger partial charge is 0.222 e. The summed E-state index contributed by atoms with van der Waals surface area (Å²) in [6, 6.07) is 11.0. The third kappa shape index (κ3) is 5.11. The number of piperidine rings is 1. The highest BCUT2D eigenvalue weighted by Crippen LogP contribution is 2.18. The van der Waals surface area contributed by atoms with Crippen LogP contribution in [0.3, 0.4) is 0 Å². The molecule has 1 N–H and O–H groups in total. The Balaban J connectivity index is 1.73. The van der Waals surface area contributed by atoms with Crippen molar-refractivity contribution in [2.75, 3.05) is 33.7 Å². The van der Waals surface area contributed by atoms with E-state index in [0.717, 1.165) is 45.4 Å². The average Bonchev–Trinajstić information content (AvgIpc) is 2.56. The van der Waals surface area contributed by atoms with Gasteiger partial charge in [-0.25, -0.2) is 0 Å². The van der Waals surface area contributed by atoms with Gasteiger partial charge in [0.05, 0.1) is 0 Å². The highest BCUT2D eigenvalue weighted by molar-refractivity contribution is 5.76. The van der Waals surface area contributed by atoms with Gasteiger partial charge in [-0.15, -0.1) is 0 Å². The van der Waals surface area contributed by atoms with Gasteiger partial charge < -0.3 is 10.2 Å². The highest BCUT2D eigenvalue weighted by atomic mass is 16.2. The number of amides is 1. The van der Waals surface area contributed by atoms with Crippen molar-refractivity contribution in [3.63, 3.8) is 0 Å². The quantitative estimate of drug-likeness (QED) is 0.784. The van der Waals surface area contributed by atoms with Crippen LogP contribution in [0.15, 0.2) is 30.3 Å². The standard InChI is InChI=1S/C18H29N3O/c1-19-12-6-9-18(22)20(2)17-10-13-21(14-11-17)15-16-7-4-3-5-8-16/h3-5,7-8,17,19H,6,9-15H2,1-2H3. The second-order valence-corrected chi connectivity index (χ2v) is 6.20. The summed E-state index contributed by atoms with van der Waals surface area (Å²) in [5, 5.41) is 3.09. The summed E-state index contributed by atoms with van der Waals surface area (Å²) in [5.41, 5.74) is 1.37. The molecule has 1 aromatic carbocycles. The first-order valence-electron chi connectivity index (χ1n) is 8.37. The topological polar surface area (TPSA) is 35.6 Å². The molecule has 1 aliphatic rings. The van der Waals surface area contributed by atoms with Crippen molar-refractivity contribution in [2.45, 2.75) is 38.3 Å². The molecule has 4 heteroatoms. The van der Waals surface area contributed by atoms with Gasteiger partial charge in [0.1, 0.15) is 0 Å². The largest absolute Gasteiger partial charge is 0.343 e. The van der Waals surface area contributed by atoms with E-state index in [-0.39, 0.29) is 5.91 Å². The van der Waals surface area contributed by atoms with Gasteiger partial charge in [0.15, 0.2) is 0 Å². The molecule has 122 valence electrons. The van der Waals surface area contributed by atoms with E-state index in [1.54, 1.807) is 0 Å². The van der Waals surface area contributed by atoms with Gasteiger partial charge in [-0.2, -0.15) is 0 Å². The van der Waals surface area contributed by atoms with Crippen molar-refractivity contribution in [1.29, 1.82) is 0 Å². The normalized spacial score (nSPS) is 16.6. The van der Waals surface area contributed by atoms with Gasteiger partial charge >= 0.3 is 0 Å². The zero-order valence-corrected chi connectivity index (χ0v) is 13.9. The molecule has 0 radical (unpaired) electrons. The highest BCUT2D eigenvalue weighted by Gasteiger charge is 2.24. The van der Waals surface area contributed by atoms with Crippen LogP contribution in [0.25, 0.3) is 0 Å². The van der Waals surface area contributed by atoms with Crippen molar-refractivity contribution in [3.05, 3.63) is 35.9 Å². The Morgan fingerprint density at radius 2 is 1.95 bits per heavy atom. The Hall–Kier alpha value is -1.39. The average molecular weight is 303 g/mol. The summed E-state index contributed by atoms with van der Waals surface area (Å²) in [7, 11) is 3.90. The Morgan fingerprint density at radius 1 is 1.27 bits per heavy atom. The van der Waals surface area contributed by atoms with Gasteiger partial charge in [-0.3, -0.25) is 9.69 Å². The second kappa shape index (κ2) is 8.91. The molecule has 1 aromatic rings. The van der Waals surface area contributed by atoms with Crippen molar-refractivity contribution < 1.29 is 4.79 Å². The van der Waals surface area contributed by atoms with Crippen LogP contribution < -0.4 is 5.32 Å². The maximum atomic E-state index is 12.2. The van der Waals surface area contributed by atoms with Crippen LogP contribution in [0.2, 0.25) is 0 Å². The molecule has 1 heterocycles. The fourth-order valence-electron chi connectivity index (χ4n) is 3.10. The van der Waals surface area contributed by atoms with Crippen molar-refractivity contribution in [3.8, 4) is 0 Å². The molecule has 0 aliphatic carbocycles. The van der Waals surface area contributed by atoms with Crippen LogP contribution in [0.4, 0.5) is 0 Å². The molecule has 0 atom stereocenters. The van der Waals surface area contributed by atoms with Gasteiger partial charge in [-0.1, -0.05) is 30.3 Å². The minimum Gasteiger partial charge on any atom is -0.343 e. The van der Waals surface area contributed by atoms with Crippen molar-refractivity contribution >= 4 is 5.91 Å². The molecular formula is C18H29N3O. The van der Waals surface area contributed by atoms with Crippen LogP contribution >= 0.6 is 0 Å². The molecule has 1 saturated heterocycles. The molecule has 2 rings (SSSR count). The Bertz CT molecular complexity index is 441. The fourth-order valence-corrected chi connectivity index (χ4v) is 3.10. The number of carbonyl (C=O) groups excluding carboxylic acids is 1. The van der Waals surface area contributed by atoms with E-state index in [2.05, 4.69) is 40.5 Å². The van der Waals surface area contributed by atoms with Crippen LogP contribution in [-0.2, 0) is 11.3 Å². The third-order valence-corrected chi connectivity index (χ3v) is 4.56. The Kier molecular flexibility index (Phi) is 6.87. The van der Waals surface area contributed by atoms with E-state index in [0.29, 0.717) is 12.5 Å². The summed E-state index contributed by atoms with van der Waals surface area (Å²) in [6.45, 7) is 4.09. The molecule has 1 aliphatic heterocycles. The maximum absolute atomic E-state index is 12.2. The van der Waals surface area contributed by atoms with E-state index >= 15 is 0 Å². The third-order valence-electron chi connectivity index (χ3n) is 4.56. The van der Waals surface area contributed by atoms with E-state index < -0.39 is 0 Å². The minimum absolute atomic E-state index is 0.289. The zero-order valence-electron chi connectivity index (χ0n) is 13.9. The zero-order chi connectivity index (χ0) is 15.8. The first-order chi connectivity index (χ1) is 10.7. The number of hydrogen-bond donors (Lipinski definition) is 1. The van der Waals surface area contributed by atoms with Crippen LogP contribution in [-0.4, -0.2) is 55.5 Å². The molecule has 0 unspecified atom stereocenters. The lowest BCUT2D eigenvalue weighted by Gasteiger charge is -2.37. The predicted octanol–water partition coefficient (Wildman–Crippen LogP) is 2.11. The number of hydrogen-bond acceptors (Lipinski definition) is 3. The van der Waals surface area contributed by atoms with Crippen molar-refractivity contribution in [2.24, 2.45) is 0 Å². The molecule has 0 saturated carbocycles. The molecule has 22 heavy (non-hydrogen) atoms. The number of nitrogens with one attached hydrogen (secondary N) is 1. The maximum Gasteiger partial charge on any atom is 0.222 e. The number of rotatable bonds is 7. The number of likely N-dealkylation sites (tertiary alicyclic amines) is 1. The van der Waals surface area contributed by atoms with Gasteiger partial charge in [0.25, 0.3) is 0 Å². The summed E-state index contributed by atoms with van der Waals surface area (Å²) < 4.78 is 0. The summed E-state index contributed by atoms with van der Waals surface area (Å²) >= 11 is 0. The summed E-state index contributed by atoms with van der Waals surface area (Å²) in [6.07, 6.45) is 3.75. The van der Waals surface area contributed by atoms with E-state index in [9.17, 15) is 4.79 Å². The molecule has 0 aromatic heterocycles. The molecule has 4 nitrogen and oxygen atoms in total. The van der Waals surface area contributed by atoms with Gasteiger partial charge in [0, 0.05) is 39.1 Å². The molecule has 1 amide bonds. The predicted molar refractivity (Wildman–Crippen MR) is 90.7 cm³/mol. The number of carbonyl (C=O) groups is 1. The molecular weight excluding hydrogens is 274 g/mol. The summed E-state index contributed by atoms with van der Waals surface area (Å²) in [4.78, 5) is 16.6.